The van der Waals surface area contributed by atoms with E-state index in [4.69, 9.17) is 17.0 Å². The van der Waals surface area contributed by atoms with Gasteiger partial charge in [-0.05, 0) is 25.8 Å². The van der Waals surface area contributed by atoms with Crippen molar-refractivity contribution < 1.29 is 4.74 Å². The SMILES string of the molecule is CCOC(CC)(CC)c1nccc(=S)[nH]1. The molecular weight excluding hydrogens is 208 g/mol. The summed E-state index contributed by atoms with van der Waals surface area (Å²) in [5, 5.41) is 0. The van der Waals surface area contributed by atoms with Crippen LogP contribution in [0.3, 0.4) is 0 Å². The molecule has 1 heterocycles. The number of nitrogens with zero attached hydrogens (tertiary/aromatic N) is 1. The van der Waals surface area contributed by atoms with Crippen LogP contribution < -0.4 is 0 Å². The van der Waals surface area contributed by atoms with E-state index in [0.29, 0.717) is 11.2 Å². The second-order valence-electron chi connectivity index (χ2n) is 3.42. The number of ether oxygens (including phenoxy) is 1. The minimum absolute atomic E-state index is 0.316. The van der Waals surface area contributed by atoms with Crippen molar-refractivity contribution >= 4 is 12.2 Å². The lowest BCUT2D eigenvalue weighted by Gasteiger charge is -2.30. The van der Waals surface area contributed by atoms with Crippen LogP contribution in [0.25, 0.3) is 0 Å². The number of hydrogen-bond donors (Lipinski definition) is 1. The molecule has 0 aliphatic carbocycles. The molecule has 0 spiro atoms. The van der Waals surface area contributed by atoms with E-state index in [2.05, 4.69) is 23.8 Å². The van der Waals surface area contributed by atoms with E-state index >= 15 is 0 Å². The van der Waals surface area contributed by atoms with E-state index in [9.17, 15) is 0 Å². The molecule has 0 aliphatic rings. The van der Waals surface area contributed by atoms with Crippen LogP contribution in [-0.2, 0) is 10.3 Å². The van der Waals surface area contributed by atoms with Gasteiger partial charge in [-0.3, -0.25) is 0 Å². The molecule has 0 fully saturated rings. The smallest absolute Gasteiger partial charge is 0.139 e. The molecular formula is C11H18N2OS. The Labute approximate surface area is 95.9 Å². The van der Waals surface area contributed by atoms with Gasteiger partial charge < -0.3 is 9.72 Å². The lowest BCUT2D eigenvalue weighted by molar-refractivity contribution is -0.0572. The zero-order valence-electron chi connectivity index (χ0n) is 9.54. The van der Waals surface area contributed by atoms with Crippen LogP contribution in [0, 0.1) is 4.64 Å². The maximum Gasteiger partial charge on any atom is 0.139 e. The van der Waals surface area contributed by atoms with Crippen molar-refractivity contribution in [1.82, 2.24) is 9.97 Å². The van der Waals surface area contributed by atoms with Crippen molar-refractivity contribution in [2.75, 3.05) is 6.61 Å². The maximum absolute atomic E-state index is 5.83. The van der Waals surface area contributed by atoms with Crippen molar-refractivity contribution in [2.24, 2.45) is 0 Å². The maximum atomic E-state index is 5.83. The third-order valence-corrected chi connectivity index (χ3v) is 2.90. The molecule has 0 saturated heterocycles. The van der Waals surface area contributed by atoms with Crippen molar-refractivity contribution in [1.29, 1.82) is 0 Å². The highest BCUT2D eigenvalue weighted by Crippen LogP contribution is 2.29. The Morgan fingerprint density at radius 3 is 2.53 bits per heavy atom. The number of nitrogens with one attached hydrogen (secondary N) is 1. The zero-order chi connectivity index (χ0) is 11.3. The monoisotopic (exact) mass is 226 g/mol. The summed E-state index contributed by atoms with van der Waals surface area (Å²) in [6.07, 6.45) is 3.51. The summed E-state index contributed by atoms with van der Waals surface area (Å²) in [6.45, 7) is 6.88. The van der Waals surface area contributed by atoms with Gasteiger partial charge in [-0.2, -0.15) is 0 Å². The van der Waals surface area contributed by atoms with Crippen LogP contribution in [0.4, 0.5) is 0 Å². The minimum Gasteiger partial charge on any atom is -0.367 e. The Morgan fingerprint density at radius 1 is 1.40 bits per heavy atom. The van der Waals surface area contributed by atoms with Crippen LogP contribution in [0.1, 0.15) is 39.4 Å². The number of rotatable bonds is 5. The van der Waals surface area contributed by atoms with Crippen LogP contribution in [0.15, 0.2) is 12.3 Å². The Morgan fingerprint density at radius 2 is 2.07 bits per heavy atom. The van der Waals surface area contributed by atoms with Gasteiger partial charge in [0.05, 0.1) is 0 Å². The second kappa shape index (κ2) is 5.37. The summed E-state index contributed by atoms with van der Waals surface area (Å²) in [6, 6.07) is 1.78. The first-order chi connectivity index (χ1) is 7.18. The van der Waals surface area contributed by atoms with Crippen molar-refractivity contribution in [3.05, 3.63) is 22.7 Å². The first-order valence-corrected chi connectivity index (χ1v) is 5.79. The highest BCUT2D eigenvalue weighted by Gasteiger charge is 2.31. The molecule has 15 heavy (non-hydrogen) atoms. The molecule has 0 unspecified atom stereocenters. The Balaban J connectivity index is 3.13. The Bertz CT molecular complexity index is 358. The van der Waals surface area contributed by atoms with Gasteiger partial charge in [-0.1, -0.05) is 26.1 Å². The predicted molar refractivity (Wildman–Crippen MR) is 63.3 cm³/mol. The van der Waals surface area contributed by atoms with E-state index in [1.54, 1.807) is 12.3 Å². The van der Waals surface area contributed by atoms with Crippen LogP contribution >= 0.6 is 12.2 Å². The van der Waals surface area contributed by atoms with Gasteiger partial charge in [0.15, 0.2) is 0 Å². The Hall–Kier alpha value is -0.740. The summed E-state index contributed by atoms with van der Waals surface area (Å²) in [5.74, 6) is 0.835. The predicted octanol–water partition coefficient (Wildman–Crippen LogP) is 3.19. The Kier molecular flexibility index (Phi) is 4.42. The molecule has 0 atom stereocenters. The highest BCUT2D eigenvalue weighted by molar-refractivity contribution is 7.71. The van der Waals surface area contributed by atoms with Crippen LogP contribution in [0.5, 0.6) is 0 Å². The molecule has 4 heteroatoms. The molecule has 0 bridgehead atoms. The number of hydrogen-bond acceptors (Lipinski definition) is 3. The average Bonchev–Trinajstić information content (AvgIpc) is 2.26. The quantitative estimate of drug-likeness (QED) is 0.783. The number of aromatic nitrogens is 2. The summed E-state index contributed by atoms with van der Waals surface area (Å²) in [5.41, 5.74) is -0.316. The topological polar surface area (TPSA) is 37.9 Å². The minimum atomic E-state index is -0.316. The van der Waals surface area contributed by atoms with Crippen LogP contribution in [-0.4, -0.2) is 16.6 Å². The summed E-state index contributed by atoms with van der Waals surface area (Å²) in [4.78, 5) is 7.44. The molecule has 0 saturated carbocycles. The largest absolute Gasteiger partial charge is 0.367 e. The van der Waals surface area contributed by atoms with Gasteiger partial charge >= 0.3 is 0 Å². The molecule has 3 nitrogen and oxygen atoms in total. The van der Waals surface area contributed by atoms with Crippen molar-refractivity contribution in [3.63, 3.8) is 0 Å². The van der Waals surface area contributed by atoms with Gasteiger partial charge in [0.1, 0.15) is 16.1 Å². The van der Waals surface area contributed by atoms with E-state index in [1.165, 1.54) is 0 Å². The number of H-pyrrole nitrogens is 1. The molecule has 0 amide bonds. The van der Waals surface area contributed by atoms with Gasteiger partial charge in [0.25, 0.3) is 0 Å². The fourth-order valence-electron chi connectivity index (χ4n) is 1.74. The second-order valence-corrected chi connectivity index (χ2v) is 3.86. The lowest BCUT2D eigenvalue weighted by atomic mass is 9.96. The van der Waals surface area contributed by atoms with E-state index in [1.807, 2.05) is 6.92 Å². The van der Waals surface area contributed by atoms with Crippen LogP contribution in [0.2, 0.25) is 0 Å². The molecule has 0 aromatic carbocycles. The first kappa shape index (κ1) is 12.3. The summed E-state index contributed by atoms with van der Waals surface area (Å²) < 4.78 is 6.53. The third-order valence-electron chi connectivity index (χ3n) is 2.67. The normalized spacial score (nSPS) is 11.7. The fourth-order valence-corrected chi connectivity index (χ4v) is 1.89. The summed E-state index contributed by atoms with van der Waals surface area (Å²) >= 11 is 5.10. The lowest BCUT2D eigenvalue weighted by Crippen LogP contribution is -2.30. The fraction of sp³-hybridized carbons (Fsp3) is 0.636. The highest BCUT2D eigenvalue weighted by atomic mass is 32.1. The molecule has 0 radical (unpaired) electrons. The molecule has 1 rings (SSSR count). The zero-order valence-corrected chi connectivity index (χ0v) is 10.4. The third kappa shape index (κ3) is 2.63. The molecule has 1 aromatic rings. The standard InChI is InChI=1S/C11H18N2OS/c1-4-11(5-2,14-6-3)10-12-8-7-9(15)13-10/h7-8H,4-6H2,1-3H3,(H,12,13,15). The molecule has 84 valence electrons. The van der Waals surface area contributed by atoms with Crippen molar-refractivity contribution in [3.8, 4) is 0 Å². The van der Waals surface area contributed by atoms with E-state index < -0.39 is 0 Å². The van der Waals surface area contributed by atoms with Crippen molar-refractivity contribution in [2.45, 2.75) is 39.2 Å². The molecule has 1 N–H and O–H groups in total. The number of aromatic amines is 1. The summed E-state index contributed by atoms with van der Waals surface area (Å²) in [7, 11) is 0. The van der Waals surface area contributed by atoms with Gasteiger partial charge in [-0.15, -0.1) is 0 Å². The average molecular weight is 226 g/mol. The van der Waals surface area contributed by atoms with E-state index in [0.717, 1.165) is 18.7 Å². The molecule has 1 aromatic heterocycles. The first-order valence-electron chi connectivity index (χ1n) is 5.38. The van der Waals surface area contributed by atoms with Gasteiger partial charge in [-0.25, -0.2) is 4.98 Å². The van der Waals surface area contributed by atoms with E-state index in [-0.39, 0.29) is 5.60 Å². The van der Waals surface area contributed by atoms with Gasteiger partial charge in [0.2, 0.25) is 0 Å². The van der Waals surface area contributed by atoms with Gasteiger partial charge in [0, 0.05) is 12.8 Å². The molecule has 0 aliphatic heterocycles.